The van der Waals surface area contributed by atoms with Crippen molar-refractivity contribution in [2.75, 3.05) is 0 Å². The molecule has 1 amide bonds. The zero-order chi connectivity index (χ0) is 16.9. The van der Waals surface area contributed by atoms with Crippen LogP contribution in [0.2, 0.25) is 0 Å². The first-order valence-corrected chi connectivity index (χ1v) is 8.80. The summed E-state index contributed by atoms with van der Waals surface area (Å²) in [6.07, 6.45) is 3.30. The second kappa shape index (κ2) is 9.02. The van der Waals surface area contributed by atoms with Crippen LogP contribution in [0.4, 0.5) is 0 Å². The highest BCUT2D eigenvalue weighted by Crippen LogP contribution is 2.34. The summed E-state index contributed by atoms with van der Waals surface area (Å²) >= 11 is 0. The molecule has 3 nitrogen and oxygen atoms in total. The molecular formula is C21H27ClN2O. The van der Waals surface area contributed by atoms with Crippen molar-refractivity contribution in [3.8, 4) is 0 Å². The minimum absolute atomic E-state index is 0. The maximum Gasteiger partial charge on any atom is 0.224 e. The van der Waals surface area contributed by atoms with Gasteiger partial charge in [-0.25, -0.2) is 0 Å². The normalized spacial score (nSPS) is 17.0. The molecule has 3 unspecified atom stereocenters. The lowest BCUT2D eigenvalue weighted by atomic mass is 9.93. The molecule has 0 heterocycles. The summed E-state index contributed by atoms with van der Waals surface area (Å²) in [5, 5.41) is 3.26. The van der Waals surface area contributed by atoms with Gasteiger partial charge in [-0.2, -0.15) is 0 Å². The third-order valence-corrected chi connectivity index (χ3v) is 4.95. The van der Waals surface area contributed by atoms with E-state index in [0.717, 1.165) is 12.0 Å². The Morgan fingerprint density at radius 3 is 2.20 bits per heavy atom. The molecule has 0 saturated heterocycles. The maximum atomic E-state index is 12.7. The van der Waals surface area contributed by atoms with E-state index in [-0.39, 0.29) is 36.3 Å². The van der Waals surface area contributed by atoms with Gasteiger partial charge in [-0.1, -0.05) is 67.6 Å². The summed E-state index contributed by atoms with van der Waals surface area (Å²) in [6.45, 7) is 1.92. The Bertz CT molecular complexity index is 658. The molecule has 134 valence electrons. The number of carbonyl (C=O) groups excluding carboxylic acids is 1. The zero-order valence-corrected chi connectivity index (χ0v) is 15.4. The van der Waals surface area contributed by atoms with Crippen molar-refractivity contribution < 1.29 is 4.79 Å². The fourth-order valence-corrected chi connectivity index (χ4v) is 3.14. The second-order valence-electron chi connectivity index (χ2n) is 6.87. The Morgan fingerprint density at radius 2 is 1.64 bits per heavy atom. The maximum absolute atomic E-state index is 12.7. The molecule has 0 aliphatic heterocycles. The molecule has 1 fully saturated rings. The molecule has 25 heavy (non-hydrogen) atoms. The van der Waals surface area contributed by atoms with E-state index in [1.165, 1.54) is 18.4 Å². The van der Waals surface area contributed by atoms with Gasteiger partial charge in [-0.15, -0.1) is 12.4 Å². The van der Waals surface area contributed by atoms with Crippen LogP contribution >= 0.6 is 12.4 Å². The average Bonchev–Trinajstić information content (AvgIpc) is 3.46. The van der Waals surface area contributed by atoms with E-state index in [0.29, 0.717) is 5.92 Å². The topological polar surface area (TPSA) is 55.1 Å². The highest BCUT2D eigenvalue weighted by atomic mass is 35.5. The predicted molar refractivity (Wildman–Crippen MR) is 105 cm³/mol. The smallest absolute Gasteiger partial charge is 0.224 e. The molecule has 3 N–H and O–H groups in total. The summed E-state index contributed by atoms with van der Waals surface area (Å²) in [6, 6.07) is 20.2. The SMILES string of the molecule is CC(C(=O)NC(Cc1ccccc1)C1CC1)C(N)c1ccccc1.Cl. The second-order valence-corrected chi connectivity index (χ2v) is 6.87. The number of nitrogens with two attached hydrogens (primary N) is 1. The molecule has 2 aromatic carbocycles. The van der Waals surface area contributed by atoms with Crippen LogP contribution in [0.15, 0.2) is 60.7 Å². The number of benzene rings is 2. The van der Waals surface area contributed by atoms with E-state index in [2.05, 4.69) is 29.6 Å². The molecule has 0 radical (unpaired) electrons. The lowest BCUT2D eigenvalue weighted by molar-refractivity contribution is -0.126. The van der Waals surface area contributed by atoms with Crippen molar-refractivity contribution in [2.24, 2.45) is 17.6 Å². The van der Waals surface area contributed by atoms with Gasteiger partial charge in [-0.05, 0) is 36.3 Å². The predicted octanol–water partition coefficient (Wildman–Crippen LogP) is 3.88. The van der Waals surface area contributed by atoms with Crippen LogP contribution in [-0.4, -0.2) is 11.9 Å². The van der Waals surface area contributed by atoms with Crippen LogP contribution in [0, 0.1) is 11.8 Å². The van der Waals surface area contributed by atoms with Crippen LogP contribution in [0.5, 0.6) is 0 Å². The summed E-state index contributed by atoms with van der Waals surface area (Å²) in [4.78, 5) is 12.7. The van der Waals surface area contributed by atoms with Crippen molar-refractivity contribution in [1.29, 1.82) is 0 Å². The first-order chi connectivity index (χ1) is 11.6. The molecule has 1 saturated carbocycles. The van der Waals surface area contributed by atoms with Crippen LogP contribution in [0.1, 0.15) is 36.9 Å². The van der Waals surface area contributed by atoms with E-state index in [4.69, 9.17) is 5.73 Å². The Hall–Kier alpha value is -1.84. The number of amides is 1. The molecule has 2 aromatic rings. The minimum Gasteiger partial charge on any atom is -0.352 e. The summed E-state index contributed by atoms with van der Waals surface area (Å²) in [5.74, 6) is 0.415. The summed E-state index contributed by atoms with van der Waals surface area (Å²) < 4.78 is 0. The molecule has 1 aliphatic rings. The number of carbonyl (C=O) groups is 1. The van der Waals surface area contributed by atoms with E-state index < -0.39 is 0 Å². The van der Waals surface area contributed by atoms with Crippen molar-refractivity contribution in [3.05, 3.63) is 71.8 Å². The van der Waals surface area contributed by atoms with Crippen molar-refractivity contribution in [3.63, 3.8) is 0 Å². The van der Waals surface area contributed by atoms with Gasteiger partial charge in [0.2, 0.25) is 5.91 Å². The highest BCUT2D eigenvalue weighted by Gasteiger charge is 2.34. The van der Waals surface area contributed by atoms with Crippen molar-refractivity contribution in [1.82, 2.24) is 5.32 Å². The average molecular weight is 359 g/mol. The highest BCUT2D eigenvalue weighted by molar-refractivity contribution is 5.85. The lowest BCUT2D eigenvalue weighted by Crippen LogP contribution is -2.43. The van der Waals surface area contributed by atoms with Crippen molar-refractivity contribution >= 4 is 18.3 Å². The largest absolute Gasteiger partial charge is 0.352 e. The van der Waals surface area contributed by atoms with Crippen LogP contribution in [-0.2, 0) is 11.2 Å². The van der Waals surface area contributed by atoms with Gasteiger partial charge in [0.05, 0.1) is 5.92 Å². The number of hydrogen-bond donors (Lipinski definition) is 2. The summed E-state index contributed by atoms with van der Waals surface area (Å²) in [7, 11) is 0. The van der Waals surface area contributed by atoms with Gasteiger partial charge in [0.1, 0.15) is 0 Å². The lowest BCUT2D eigenvalue weighted by Gasteiger charge is -2.24. The van der Waals surface area contributed by atoms with Gasteiger partial charge >= 0.3 is 0 Å². The number of rotatable bonds is 7. The molecule has 0 spiro atoms. The molecular weight excluding hydrogens is 332 g/mol. The van der Waals surface area contributed by atoms with Gasteiger partial charge in [0.15, 0.2) is 0 Å². The molecule has 3 atom stereocenters. The molecule has 4 heteroatoms. The van der Waals surface area contributed by atoms with Gasteiger partial charge in [0, 0.05) is 12.1 Å². The Morgan fingerprint density at radius 1 is 1.08 bits per heavy atom. The van der Waals surface area contributed by atoms with Crippen LogP contribution in [0.3, 0.4) is 0 Å². The Kier molecular flexibility index (Phi) is 7.03. The third-order valence-electron chi connectivity index (χ3n) is 4.95. The zero-order valence-electron chi connectivity index (χ0n) is 14.6. The number of hydrogen-bond acceptors (Lipinski definition) is 2. The van der Waals surface area contributed by atoms with Gasteiger partial charge in [-0.3, -0.25) is 4.79 Å². The minimum atomic E-state index is -0.275. The van der Waals surface area contributed by atoms with E-state index in [9.17, 15) is 4.79 Å². The Balaban J connectivity index is 0.00000225. The first-order valence-electron chi connectivity index (χ1n) is 8.80. The van der Waals surface area contributed by atoms with Gasteiger partial charge < -0.3 is 11.1 Å². The standard InChI is InChI=1S/C21H26N2O.ClH/c1-15(20(22)18-10-6-3-7-11-18)21(24)23-19(17-12-13-17)14-16-8-4-2-5-9-16;/h2-11,15,17,19-20H,12-14,22H2,1H3,(H,23,24);1H. The van der Waals surface area contributed by atoms with Gasteiger partial charge in [0.25, 0.3) is 0 Å². The fourth-order valence-electron chi connectivity index (χ4n) is 3.14. The molecule has 3 rings (SSSR count). The summed E-state index contributed by atoms with van der Waals surface area (Å²) in [5.41, 5.74) is 8.58. The Labute approximate surface area is 156 Å². The third kappa shape index (κ3) is 5.32. The van der Waals surface area contributed by atoms with Crippen LogP contribution < -0.4 is 11.1 Å². The number of nitrogens with one attached hydrogen (secondary N) is 1. The van der Waals surface area contributed by atoms with Crippen molar-refractivity contribution in [2.45, 2.75) is 38.3 Å². The van der Waals surface area contributed by atoms with E-state index in [1.807, 2.05) is 43.3 Å². The molecule has 1 aliphatic carbocycles. The first kappa shape index (κ1) is 19.5. The monoisotopic (exact) mass is 358 g/mol. The van der Waals surface area contributed by atoms with E-state index in [1.54, 1.807) is 0 Å². The van der Waals surface area contributed by atoms with E-state index >= 15 is 0 Å². The molecule has 0 aromatic heterocycles. The number of halogens is 1. The fraction of sp³-hybridized carbons (Fsp3) is 0.381. The van der Waals surface area contributed by atoms with Crippen LogP contribution in [0.25, 0.3) is 0 Å². The molecule has 0 bridgehead atoms. The quantitative estimate of drug-likeness (QED) is 0.789.